The Hall–Kier alpha value is -1.99. The number of halogens is 2. The molecule has 1 aliphatic rings. The number of unbranched alkanes of at least 4 members (excludes halogenated alkanes) is 4. The molecule has 1 atom stereocenters. The number of benzene rings is 2. The summed E-state index contributed by atoms with van der Waals surface area (Å²) in [6.45, 7) is 5.33. The van der Waals surface area contributed by atoms with E-state index in [0.29, 0.717) is 23.0 Å². The molecule has 0 fully saturated rings. The second-order valence-corrected chi connectivity index (χ2v) is 11.1. The third-order valence-corrected chi connectivity index (χ3v) is 8.04. The van der Waals surface area contributed by atoms with E-state index in [1.807, 2.05) is 53.4 Å². The van der Waals surface area contributed by atoms with Crippen molar-refractivity contribution in [3.05, 3.63) is 88.2 Å². The molecule has 0 spiro atoms. The van der Waals surface area contributed by atoms with E-state index in [1.54, 1.807) is 30.3 Å². The quantitative estimate of drug-likeness (QED) is 0.154. The van der Waals surface area contributed by atoms with Gasteiger partial charge in [-0.05, 0) is 43.5 Å². The van der Waals surface area contributed by atoms with Crippen LogP contribution in [0, 0.1) is 6.92 Å². The SMILES string of the molecule is CCCCCCCN1C=CN(CC=CCc2cccc(Cl)c2Cl)C1OS(=O)(=O)c1ccc(C)cc1. The summed E-state index contributed by atoms with van der Waals surface area (Å²) in [5.41, 5.74) is 1.93. The fourth-order valence-corrected chi connectivity index (χ4v) is 5.27. The summed E-state index contributed by atoms with van der Waals surface area (Å²) >= 11 is 12.4. The highest BCUT2D eigenvalue weighted by Crippen LogP contribution is 2.26. The van der Waals surface area contributed by atoms with Gasteiger partial charge in [-0.3, -0.25) is 0 Å². The van der Waals surface area contributed by atoms with Crippen LogP contribution in [-0.4, -0.2) is 37.7 Å². The second kappa shape index (κ2) is 13.4. The first-order valence-electron chi connectivity index (χ1n) is 12.1. The average molecular weight is 538 g/mol. The van der Waals surface area contributed by atoms with Crippen LogP contribution in [0.5, 0.6) is 0 Å². The van der Waals surface area contributed by atoms with Gasteiger partial charge in [0.25, 0.3) is 10.1 Å². The van der Waals surface area contributed by atoms with E-state index in [2.05, 4.69) is 6.92 Å². The van der Waals surface area contributed by atoms with Gasteiger partial charge in [0.1, 0.15) is 0 Å². The van der Waals surface area contributed by atoms with Gasteiger partial charge in [-0.25, -0.2) is 4.18 Å². The lowest BCUT2D eigenvalue weighted by atomic mass is 10.1. The molecular weight excluding hydrogens is 503 g/mol. The molecule has 35 heavy (non-hydrogen) atoms. The highest BCUT2D eigenvalue weighted by atomic mass is 35.5. The molecule has 1 heterocycles. The zero-order valence-corrected chi connectivity index (χ0v) is 22.7. The van der Waals surface area contributed by atoms with Crippen LogP contribution in [0.25, 0.3) is 0 Å². The zero-order chi connectivity index (χ0) is 25.3. The third-order valence-electron chi connectivity index (χ3n) is 5.91. The molecule has 2 aromatic carbocycles. The predicted molar refractivity (Wildman–Crippen MR) is 144 cm³/mol. The standard InChI is InChI=1S/C27H34Cl2N2O3S/c1-3-4-5-6-8-18-30-20-21-31(19-9-7-11-23-12-10-13-25(28)26(23)29)27(30)34-35(32,33)24-16-14-22(2)15-17-24/h7,9-10,12-17,20-21,27H,3-6,8,11,18-19H2,1-2H3. The van der Waals surface area contributed by atoms with Crippen molar-refractivity contribution in [1.82, 2.24) is 9.80 Å². The van der Waals surface area contributed by atoms with E-state index in [9.17, 15) is 8.42 Å². The van der Waals surface area contributed by atoms with E-state index in [0.717, 1.165) is 30.5 Å². The van der Waals surface area contributed by atoms with E-state index >= 15 is 0 Å². The number of aryl methyl sites for hydroxylation is 1. The maximum atomic E-state index is 13.0. The van der Waals surface area contributed by atoms with Gasteiger partial charge in [0, 0.05) is 25.5 Å². The Balaban J connectivity index is 1.67. The van der Waals surface area contributed by atoms with Gasteiger partial charge in [-0.2, -0.15) is 8.42 Å². The van der Waals surface area contributed by atoms with Crippen molar-refractivity contribution < 1.29 is 12.6 Å². The van der Waals surface area contributed by atoms with Crippen LogP contribution in [0.4, 0.5) is 0 Å². The zero-order valence-electron chi connectivity index (χ0n) is 20.4. The Morgan fingerprint density at radius 3 is 2.40 bits per heavy atom. The number of hydrogen-bond acceptors (Lipinski definition) is 5. The van der Waals surface area contributed by atoms with Crippen molar-refractivity contribution in [2.45, 2.75) is 63.6 Å². The molecule has 0 N–H and O–H groups in total. The summed E-state index contributed by atoms with van der Waals surface area (Å²) < 4.78 is 31.9. The first-order chi connectivity index (χ1) is 16.8. The molecular formula is C27H34Cl2N2O3S. The van der Waals surface area contributed by atoms with Gasteiger partial charge in [0.2, 0.25) is 6.35 Å². The minimum absolute atomic E-state index is 0.156. The van der Waals surface area contributed by atoms with Crippen molar-refractivity contribution in [3.8, 4) is 0 Å². The Bertz CT molecular complexity index is 1120. The van der Waals surface area contributed by atoms with Crippen molar-refractivity contribution in [1.29, 1.82) is 0 Å². The normalized spacial score (nSPS) is 16.1. The van der Waals surface area contributed by atoms with E-state index < -0.39 is 16.5 Å². The first-order valence-corrected chi connectivity index (χ1v) is 14.3. The maximum absolute atomic E-state index is 13.0. The summed E-state index contributed by atoms with van der Waals surface area (Å²) in [7, 11) is -3.93. The predicted octanol–water partition coefficient (Wildman–Crippen LogP) is 7.15. The summed E-state index contributed by atoms with van der Waals surface area (Å²) in [4.78, 5) is 4.00. The molecule has 1 aliphatic heterocycles. The summed E-state index contributed by atoms with van der Waals surface area (Å²) in [6.07, 6.45) is 13.4. The fourth-order valence-electron chi connectivity index (χ4n) is 3.84. The van der Waals surface area contributed by atoms with Gasteiger partial charge in [0.15, 0.2) is 0 Å². The molecule has 0 bridgehead atoms. The molecule has 8 heteroatoms. The van der Waals surface area contributed by atoms with Gasteiger partial charge in [-0.15, -0.1) is 0 Å². The molecule has 0 radical (unpaired) electrons. The molecule has 190 valence electrons. The van der Waals surface area contributed by atoms with Crippen LogP contribution in [0.2, 0.25) is 10.0 Å². The van der Waals surface area contributed by atoms with Gasteiger partial charge in [0.05, 0.1) is 14.9 Å². The molecule has 0 aromatic heterocycles. The lowest BCUT2D eigenvalue weighted by Gasteiger charge is -2.31. The average Bonchev–Trinajstić information content (AvgIpc) is 3.20. The largest absolute Gasteiger partial charge is 0.333 e. The Kier molecular flexibility index (Phi) is 10.5. The summed E-state index contributed by atoms with van der Waals surface area (Å²) in [6, 6.07) is 12.3. The highest BCUT2D eigenvalue weighted by Gasteiger charge is 2.32. The van der Waals surface area contributed by atoms with Crippen LogP contribution in [0.3, 0.4) is 0 Å². The lowest BCUT2D eigenvalue weighted by molar-refractivity contribution is -0.0161. The third kappa shape index (κ3) is 8.01. The minimum atomic E-state index is -3.93. The summed E-state index contributed by atoms with van der Waals surface area (Å²) in [5.74, 6) is 0. The van der Waals surface area contributed by atoms with Crippen LogP contribution in [0.15, 0.2) is 71.9 Å². The molecule has 0 amide bonds. The first kappa shape index (κ1) is 27.6. The highest BCUT2D eigenvalue weighted by molar-refractivity contribution is 7.86. The van der Waals surface area contributed by atoms with Gasteiger partial charge in [-0.1, -0.05) is 97.8 Å². The van der Waals surface area contributed by atoms with E-state index in [4.69, 9.17) is 27.4 Å². The number of allylic oxidation sites excluding steroid dienone is 1. The van der Waals surface area contributed by atoms with Gasteiger partial charge >= 0.3 is 0 Å². The summed E-state index contributed by atoms with van der Waals surface area (Å²) in [5, 5.41) is 1.09. The number of nitrogens with zero attached hydrogens (tertiary/aromatic N) is 2. The fraction of sp³-hybridized carbons (Fsp3) is 0.407. The Morgan fingerprint density at radius 1 is 0.943 bits per heavy atom. The van der Waals surface area contributed by atoms with Crippen molar-refractivity contribution in [3.63, 3.8) is 0 Å². The van der Waals surface area contributed by atoms with Gasteiger partial charge < -0.3 is 9.80 Å². The minimum Gasteiger partial charge on any atom is -0.333 e. The molecule has 1 unspecified atom stereocenters. The lowest BCUT2D eigenvalue weighted by Crippen LogP contribution is -2.42. The smallest absolute Gasteiger partial charge is 0.300 e. The number of rotatable bonds is 13. The second-order valence-electron chi connectivity index (χ2n) is 8.73. The maximum Gasteiger partial charge on any atom is 0.300 e. The van der Waals surface area contributed by atoms with Crippen molar-refractivity contribution in [2.24, 2.45) is 0 Å². The van der Waals surface area contributed by atoms with Crippen molar-refractivity contribution in [2.75, 3.05) is 13.1 Å². The van der Waals surface area contributed by atoms with Crippen LogP contribution < -0.4 is 0 Å². The van der Waals surface area contributed by atoms with E-state index in [1.165, 1.54) is 19.3 Å². The molecule has 0 aliphatic carbocycles. The molecule has 0 saturated heterocycles. The molecule has 5 nitrogen and oxygen atoms in total. The molecule has 0 saturated carbocycles. The topological polar surface area (TPSA) is 49.9 Å². The van der Waals surface area contributed by atoms with E-state index in [-0.39, 0.29) is 4.90 Å². The Morgan fingerprint density at radius 2 is 1.66 bits per heavy atom. The Labute approximate surface area is 220 Å². The monoisotopic (exact) mass is 536 g/mol. The van der Waals surface area contributed by atoms with Crippen LogP contribution >= 0.6 is 23.2 Å². The molecule has 2 aromatic rings. The molecule has 3 rings (SSSR count). The number of hydrogen-bond donors (Lipinski definition) is 0. The van der Waals surface area contributed by atoms with Crippen molar-refractivity contribution >= 4 is 33.3 Å². The van der Waals surface area contributed by atoms with Crippen LogP contribution in [-0.2, 0) is 20.7 Å². The van der Waals surface area contributed by atoms with Crippen LogP contribution in [0.1, 0.15) is 50.2 Å².